The van der Waals surface area contributed by atoms with E-state index < -0.39 is 27.8 Å². The summed E-state index contributed by atoms with van der Waals surface area (Å²) in [4.78, 5) is 13.0. The molecule has 28 heavy (non-hydrogen) atoms. The second-order valence-electron chi connectivity index (χ2n) is 8.70. The van der Waals surface area contributed by atoms with Crippen molar-refractivity contribution in [3.63, 3.8) is 0 Å². The van der Waals surface area contributed by atoms with Crippen molar-refractivity contribution < 1.29 is 18.4 Å². The molecule has 0 bridgehead atoms. The molecule has 5 nitrogen and oxygen atoms in total. The van der Waals surface area contributed by atoms with E-state index in [0.29, 0.717) is 22.6 Å². The number of fused-ring (bicyclic) bond motifs is 1. The maximum absolute atomic E-state index is 13.0. The van der Waals surface area contributed by atoms with Crippen molar-refractivity contribution in [1.82, 2.24) is 0 Å². The van der Waals surface area contributed by atoms with Gasteiger partial charge >= 0.3 is 0 Å². The zero-order chi connectivity index (χ0) is 20.7. The van der Waals surface area contributed by atoms with Crippen molar-refractivity contribution in [2.24, 2.45) is 0 Å². The van der Waals surface area contributed by atoms with Crippen LogP contribution in [0.2, 0.25) is 39.3 Å². The van der Waals surface area contributed by atoms with Crippen molar-refractivity contribution in [3.8, 4) is 28.6 Å². The highest BCUT2D eigenvalue weighted by atomic mass is 28.4. The van der Waals surface area contributed by atoms with Gasteiger partial charge in [0.1, 0.15) is 22.5 Å². The van der Waals surface area contributed by atoms with Gasteiger partial charge in [0.05, 0.1) is 0 Å². The summed E-state index contributed by atoms with van der Waals surface area (Å²) >= 11 is 0. The fourth-order valence-electron chi connectivity index (χ4n) is 2.86. The molecule has 2 aromatic carbocycles. The zero-order valence-electron chi connectivity index (χ0n) is 17.1. The molecule has 1 aromatic heterocycles. The van der Waals surface area contributed by atoms with Crippen LogP contribution in [-0.2, 0) is 0 Å². The van der Waals surface area contributed by atoms with Crippen LogP contribution in [0.4, 0.5) is 0 Å². The average Bonchev–Trinajstić information content (AvgIpc) is 2.55. The minimum absolute atomic E-state index is 0.141. The lowest BCUT2D eigenvalue weighted by atomic mass is 10.1. The third-order valence-corrected chi connectivity index (χ3v) is 5.47. The van der Waals surface area contributed by atoms with Gasteiger partial charge in [0.15, 0.2) is 5.76 Å². The summed E-state index contributed by atoms with van der Waals surface area (Å²) in [7, 11) is -3.90. The third-order valence-electron chi connectivity index (χ3n) is 3.78. The van der Waals surface area contributed by atoms with E-state index in [1.165, 1.54) is 0 Å². The number of hydrogen-bond acceptors (Lipinski definition) is 5. The Labute approximate surface area is 166 Å². The van der Waals surface area contributed by atoms with Gasteiger partial charge in [0, 0.05) is 17.7 Å². The number of aromatic hydroxyl groups is 1. The smallest absolute Gasteiger partial charge is 0.242 e. The Bertz CT molecular complexity index is 1060. The Morgan fingerprint density at radius 2 is 1.50 bits per heavy atom. The highest BCUT2D eigenvalue weighted by molar-refractivity contribution is 6.71. The van der Waals surface area contributed by atoms with E-state index in [-0.39, 0.29) is 11.1 Å². The van der Waals surface area contributed by atoms with Gasteiger partial charge in [-0.3, -0.25) is 4.79 Å². The van der Waals surface area contributed by atoms with E-state index in [1.807, 2.05) is 37.8 Å². The fraction of sp³-hybridized carbons (Fsp3) is 0.286. The summed E-state index contributed by atoms with van der Waals surface area (Å²) in [5.74, 6) is 0.724. The lowest BCUT2D eigenvalue weighted by Crippen LogP contribution is -2.31. The minimum Gasteiger partial charge on any atom is -0.544 e. The molecule has 1 N–H and O–H groups in total. The third kappa shape index (κ3) is 4.48. The highest BCUT2D eigenvalue weighted by Crippen LogP contribution is 2.37. The summed E-state index contributed by atoms with van der Waals surface area (Å²) < 4.78 is 18.3. The zero-order valence-corrected chi connectivity index (χ0v) is 19.1. The molecule has 0 aliphatic rings. The SMILES string of the molecule is C[Si](C)(C)Oc1cc(O[Si](C)(C)C)c2c(=O)c(O)c(-c3ccccc3)oc2c1. The maximum atomic E-state index is 13.0. The van der Waals surface area contributed by atoms with Gasteiger partial charge in [0.25, 0.3) is 0 Å². The van der Waals surface area contributed by atoms with Crippen LogP contribution in [0.3, 0.4) is 0 Å². The summed E-state index contributed by atoms with van der Waals surface area (Å²) in [6.07, 6.45) is 0. The first-order chi connectivity index (χ1) is 12.9. The molecule has 0 saturated heterocycles. The normalized spacial score (nSPS) is 12.2. The van der Waals surface area contributed by atoms with E-state index in [0.717, 1.165) is 0 Å². The second-order valence-corrected chi connectivity index (χ2v) is 17.6. The standard InChI is InChI=1S/C21H26O5Si2/c1-27(2,3)25-15-12-16-18(17(13-15)26-28(4,5)6)19(22)20(23)21(24-16)14-10-8-7-9-11-14/h7-13,23H,1-6H3. The summed E-state index contributed by atoms with van der Waals surface area (Å²) in [5, 5.41) is 10.8. The molecule has 0 atom stereocenters. The lowest BCUT2D eigenvalue weighted by molar-refractivity contribution is 0.447. The first kappa shape index (κ1) is 20.2. The van der Waals surface area contributed by atoms with Gasteiger partial charge in [-0.05, 0) is 39.3 Å². The molecule has 7 heteroatoms. The summed E-state index contributed by atoms with van der Waals surface area (Å²) in [6, 6.07) is 12.5. The molecular weight excluding hydrogens is 388 g/mol. The van der Waals surface area contributed by atoms with Gasteiger partial charge in [-0.25, -0.2) is 0 Å². The maximum Gasteiger partial charge on any atom is 0.242 e. The van der Waals surface area contributed by atoms with Crippen LogP contribution in [0.5, 0.6) is 17.2 Å². The van der Waals surface area contributed by atoms with Crippen molar-refractivity contribution in [3.05, 3.63) is 52.7 Å². The molecule has 148 valence electrons. The minimum atomic E-state index is -2.02. The van der Waals surface area contributed by atoms with Crippen LogP contribution in [0, 0.1) is 0 Å². The first-order valence-corrected chi connectivity index (χ1v) is 16.0. The predicted molar refractivity (Wildman–Crippen MR) is 118 cm³/mol. The molecule has 0 fully saturated rings. The molecule has 0 unspecified atom stereocenters. The van der Waals surface area contributed by atoms with Crippen molar-refractivity contribution >= 4 is 27.6 Å². The van der Waals surface area contributed by atoms with Crippen molar-refractivity contribution in [2.75, 3.05) is 0 Å². The molecule has 3 rings (SSSR count). The van der Waals surface area contributed by atoms with Gasteiger partial charge in [-0.2, -0.15) is 0 Å². The van der Waals surface area contributed by atoms with Crippen molar-refractivity contribution in [2.45, 2.75) is 39.3 Å². The van der Waals surface area contributed by atoms with Crippen LogP contribution in [-0.4, -0.2) is 21.7 Å². The first-order valence-electron chi connectivity index (χ1n) is 9.22. The van der Waals surface area contributed by atoms with E-state index in [2.05, 4.69) is 19.6 Å². The van der Waals surface area contributed by atoms with Crippen LogP contribution < -0.4 is 14.3 Å². The summed E-state index contributed by atoms with van der Waals surface area (Å²) in [6.45, 7) is 12.3. The number of rotatable bonds is 5. The largest absolute Gasteiger partial charge is 0.544 e. The van der Waals surface area contributed by atoms with E-state index in [1.54, 1.807) is 24.3 Å². The fourth-order valence-corrected chi connectivity index (χ4v) is 4.50. The predicted octanol–water partition coefficient (Wildman–Crippen LogP) is 5.59. The summed E-state index contributed by atoms with van der Waals surface area (Å²) in [5.41, 5.74) is 0.460. The van der Waals surface area contributed by atoms with Crippen LogP contribution in [0.15, 0.2) is 51.7 Å². The highest BCUT2D eigenvalue weighted by Gasteiger charge is 2.25. The molecule has 1 heterocycles. The van der Waals surface area contributed by atoms with E-state index >= 15 is 0 Å². The molecular formula is C21H26O5Si2. The Morgan fingerprint density at radius 3 is 2.07 bits per heavy atom. The van der Waals surface area contributed by atoms with Crippen molar-refractivity contribution in [1.29, 1.82) is 0 Å². The Hall–Kier alpha value is -2.52. The van der Waals surface area contributed by atoms with E-state index in [9.17, 15) is 9.90 Å². The molecule has 3 aromatic rings. The molecule has 0 spiro atoms. The van der Waals surface area contributed by atoms with Crippen LogP contribution in [0.25, 0.3) is 22.3 Å². The van der Waals surface area contributed by atoms with Crippen LogP contribution >= 0.6 is 0 Å². The Balaban J connectivity index is 2.31. The quantitative estimate of drug-likeness (QED) is 0.551. The molecule has 0 aliphatic carbocycles. The lowest BCUT2D eigenvalue weighted by Gasteiger charge is -2.23. The monoisotopic (exact) mass is 414 g/mol. The van der Waals surface area contributed by atoms with Gasteiger partial charge < -0.3 is 18.4 Å². The van der Waals surface area contributed by atoms with Crippen LogP contribution in [0.1, 0.15) is 0 Å². The van der Waals surface area contributed by atoms with Gasteiger partial charge in [-0.15, -0.1) is 0 Å². The molecule has 0 saturated carbocycles. The Morgan fingerprint density at radius 1 is 0.893 bits per heavy atom. The molecule has 0 radical (unpaired) electrons. The second kappa shape index (κ2) is 7.14. The Kier molecular flexibility index (Phi) is 5.16. The topological polar surface area (TPSA) is 68.9 Å². The number of hydrogen-bond donors (Lipinski definition) is 1. The average molecular weight is 415 g/mol. The number of benzene rings is 2. The molecule has 0 amide bonds. The van der Waals surface area contributed by atoms with Gasteiger partial charge in [-0.1, -0.05) is 30.3 Å². The van der Waals surface area contributed by atoms with Gasteiger partial charge in [0.2, 0.25) is 27.8 Å². The van der Waals surface area contributed by atoms with E-state index in [4.69, 9.17) is 13.3 Å². The molecule has 0 aliphatic heterocycles.